The average Bonchev–Trinajstić information content (AvgIpc) is 2.14. The van der Waals surface area contributed by atoms with Crippen LogP contribution in [-0.4, -0.2) is 46.8 Å². The molecule has 0 bridgehead atoms. The molecule has 1 fully saturated rings. The van der Waals surface area contributed by atoms with E-state index in [1.165, 1.54) is 0 Å². The minimum absolute atomic E-state index is 0.283. The van der Waals surface area contributed by atoms with Gasteiger partial charge in [-0.2, -0.15) is 0 Å². The highest BCUT2D eigenvalue weighted by Crippen LogP contribution is 2.46. The van der Waals surface area contributed by atoms with Gasteiger partial charge in [-0.15, -0.1) is 0 Å². The monoisotopic (exact) mass is 237 g/mol. The lowest BCUT2D eigenvalue weighted by Gasteiger charge is -2.35. The van der Waals surface area contributed by atoms with E-state index in [1.54, 1.807) is 0 Å². The Morgan fingerprint density at radius 2 is 1.87 bits per heavy atom. The molecule has 1 unspecified atom stereocenters. The number of hydrogen-bond acceptors (Lipinski definition) is 3. The van der Waals surface area contributed by atoms with Crippen molar-refractivity contribution in [3.63, 3.8) is 0 Å². The van der Waals surface area contributed by atoms with Crippen LogP contribution in [0.3, 0.4) is 0 Å². The molecule has 90 valence electrons. The van der Waals surface area contributed by atoms with Gasteiger partial charge in [0.2, 0.25) is 0 Å². The molecule has 1 aliphatic rings. The van der Waals surface area contributed by atoms with E-state index >= 15 is 0 Å². The molecule has 15 heavy (non-hydrogen) atoms. The first-order valence-corrected chi connectivity index (χ1v) is 6.96. The Morgan fingerprint density at radius 1 is 1.33 bits per heavy atom. The van der Waals surface area contributed by atoms with Crippen molar-refractivity contribution >= 4 is 7.60 Å². The second-order valence-corrected chi connectivity index (χ2v) is 6.12. The molecule has 6 heteroatoms. The summed E-state index contributed by atoms with van der Waals surface area (Å²) in [5.41, 5.74) is 0. The molecular formula is C9H20NO4P. The van der Waals surface area contributed by atoms with Crippen LogP contribution in [0.1, 0.15) is 20.3 Å². The molecule has 0 aromatic heterocycles. The molecule has 0 aromatic carbocycles. The molecule has 1 saturated heterocycles. The lowest BCUT2D eigenvalue weighted by molar-refractivity contribution is 0.0235. The number of hydrogen-bond donors (Lipinski definition) is 2. The number of ether oxygens (including phenoxy) is 1. The predicted octanol–water partition coefficient (Wildman–Crippen LogP) is 0.868. The van der Waals surface area contributed by atoms with Crippen molar-refractivity contribution < 1.29 is 19.1 Å². The van der Waals surface area contributed by atoms with Crippen molar-refractivity contribution in [3.05, 3.63) is 0 Å². The summed E-state index contributed by atoms with van der Waals surface area (Å²) in [4.78, 5) is 20.5. The molecule has 1 rings (SSSR count). The Bertz CT molecular complexity index is 234. The van der Waals surface area contributed by atoms with Crippen molar-refractivity contribution in [1.29, 1.82) is 0 Å². The van der Waals surface area contributed by atoms with Crippen LogP contribution in [0.4, 0.5) is 0 Å². The first kappa shape index (κ1) is 13.1. The second-order valence-electron chi connectivity index (χ2n) is 4.35. The van der Waals surface area contributed by atoms with E-state index in [1.807, 2.05) is 18.7 Å². The van der Waals surface area contributed by atoms with Crippen LogP contribution in [0.15, 0.2) is 0 Å². The molecule has 0 amide bonds. The maximum absolute atomic E-state index is 11.4. The fourth-order valence-corrected chi connectivity index (χ4v) is 3.15. The third-order valence-electron chi connectivity index (χ3n) is 2.54. The summed E-state index contributed by atoms with van der Waals surface area (Å²) < 4.78 is 16.6. The molecule has 1 atom stereocenters. The molecule has 0 radical (unpaired) electrons. The largest absolute Gasteiger partial charge is 0.379 e. The summed E-state index contributed by atoms with van der Waals surface area (Å²) in [6, 6.07) is 0. The molecule has 0 aromatic rings. The van der Waals surface area contributed by atoms with Crippen molar-refractivity contribution in [2.75, 3.05) is 26.3 Å². The molecule has 5 nitrogen and oxygen atoms in total. The first-order valence-electron chi connectivity index (χ1n) is 5.28. The summed E-state index contributed by atoms with van der Waals surface area (Å²) in [6.07, 6.45) is 0.532. The van der Waals surface area contributed by atoms with E-state index in [-0.39, 0.29) is 5.92 Å². The van der Waals surface area contributed by atoms with Gasteiger partial charge in [-0.1, -0.05) is 13.8 Å². The van der Waals surface area contributed by atoms with E-state index in [9.17, 15) is 14.4 Å². The fourth-order valence-electron chi connectivity index (χ4n) is 1.80. The van der Waals surface area contributed by atoms with Gasteiger partial charge >= 0.3 is 7.60 Å². The molecule has 0 spiro atoms. The Hall–Kier alpha value is 0.0700. The molecule has 2 N–H and O–H groups in total. The van der Waals surface area contributed by atoms with Crippen LogP contribution >= 0.6 is 7.60 Å². The van der Waals surface area contributed by atoms with Crippen LogP contribution < -0.4 is 0 Å². The standard InChI is InChI=1S/C9H20NO4P/c1-8(2)7-9(15(11,12)13)10-3-5-14-6-4-10/h8-9H,3-7H2,1-2H3,(H2,11,12,13). The maximum Gasteiger partial charge on any atom is 0.342 e. The van der Waals surface area contributed by atoms with Crippen molar-refractivity contribution in [3.8, 4) is 0 Å². The van der Waals surface area contributed by atoms with Crippen LogP contribution in [0.5, 0.6) is 0 Å². The van der Waals surface area contributed by atoms with E-state index in [2.05, 4.69) is 0 Å². The average molecular weight is 237 g/mol. The van der Waals surface area contributed by atoms with Crippen LogP contribution in [-0.2, 0) is 9.30 Å². The third kappa shape index (κ3) is 4.21. The van der Waals surface area contributed by atoms with E-state index in [0.717, 1.165) is 0 Å². The van der Waals surface area contributed by atoms with E-state index < -0.39 is 13.4 Å². The number of rotatable bonds is 4. The van der Waals surface area contributed by atoms with Gasteiger partial charge in [0.25, 0.3) is 0 Å². The topological polar surface area (TPSA) is 70.0 Å². The fraction of sp³-hybridized carbons (Fsp3) is 1.00. The normalized spacial score (nSPS) is 21.9. The predicted molar refractivity (Wildman–Crippen MR) is 57.7 cm³/mol. The SMILES string of the molecule is CC(C)CC(N1CCOCC1)P(=O)(O)O. The lowest BCUT2D eigenvalue weighted by atomic mass is 10.1. The zero-order valence-corrected chi connectivity index (χ0v) is 10.2. The molecule has 0 aliphatic carbocycles. The van der Waals surface area contributed by atoms with Crippen LogP contribution in [0.25, 0.3) is 0 Å². The summed E-state index contributed by atoms with van der Waals surface area (Å²) in [6.45, 7) is 6.31. The highest BCUT2D eigenvalue weighted by Gasteiger charge is 2.35. The first-order chi connectivity index (χ1) is 6.91. The molecule has 0 saturated carbocycles. The Labute approximate surface area is 90.6 Å². The van der Waals surface area contributed by atoms with Crippen molar-refractivity contribution in [1.82, 2.24) is 4.90 Å². The number of morpholine rings is 1. The van der Waals surface area contributed by atoms with Gasteiger partial charge in [-0.25, -0.2) is 0 Å². The highest BCUT2D eigenvalue weighted by atomic mass is 31.2. The molecule has 1 aliphatic heterocycles. The minimum atomic E-state index is -4.03. The van der Waals surface area contributed by atoms with Gasteiger partial charge in [0.05, 0.1) is 13.2 Å². The highest BCUT2D eigenvalue weighted by molar-refractivity contribution is 7.52. The second kappa shape index (κ2) is 5.41. The summed E-state index contributed by atoms with van der Waals surface area (Å²) in [5.74, 6) is -0.355. The Kier molecular flexibility index (Phi) is 4.74. The maximum atomic E-state index is 11.4. The van der Waals surface area contributed by atoms with Crippen molar-refractivity contribution in [2.24, 2.45) is 5.92 Å². The van der Waals surface area contributed by atoms with Gasteiger partial charge in [0.15, 0.2) is 0 Å². The summed E-state index contributed by atoms with van der Waals surface area (Å²) in [7, 11) is -4.03. The van der Waals surface area contributed by atoms with Gasteiger partial charge in [-0.05, 0) is 12.3 Å². The molecular weight excluding hydrogens is 217 g/mol. The minimum Gasteiger partial charge on any atom is -0.379 e. The quantitative estimate of drug-likeness (QED) is 0.710. The van der Waals surface area contributed by atoms with Gasteiger partial charge in [0.1, 0.15) is 5.78 Å². The van der Waals surface area contributed by atoms with Crippen LogP contribution in [0.2, 0.25) is 0 Å². The van der Waals surface area contributed by atoms with Crippen LogP contribution in [0, 0.1) is 5.92 Å². The zero-order chi connectivity index (χ0) is 11.5. The zero-order valence-electron chi connectivity index (χ0n) is 9.30. The Morgan fingerprint density at radius 3 is 2.27 bits per heavy atom. The van der Waals surface area contributed by atoms with Crippen molar-refractivity contribution in [2.45, 2.75) is 26.1 Å². The lowest BCUT2D eigenvalue weighted by Crippen LogP contribution is -2.43. The van der Waals surface area contributed by atoms with E-state index in [4.69, 9.17) is 4.74 Å². The summed E-state index contributed by atoms with van der Waals surface area (Å²) in [5, 5.41) is 0. The number of nitrogens with zero attached hydrogens (tertiary/aromatic N) is 1. The van der Waals surface area contributed by atoms with Gasteiger partial charge < -0.3 is 14.5 Å². The van der Waals surface area contributed by atoms with E-state index in [0.29, 0.717) is 32.7 Å². The third-order valence-corrected chi connectivity index (χ3v) is 3.85. The smallest absolute Gasteiger partial charge is 0.342 e. The summed E-state index contributed by atoms with van der Waals surface area (Å²) >= 11 is 0. The van der Waals surface area contributed by atoms with Gasteiger partial charge in [0, 0.05) is 13.1 Å². The van der Waals surface area contributed by atoms with Gasteiger partial charge in [-0.3, -0.25) is 9.46 Å². The molecule has 1 heterocycles. The Balaban J connectivity index is 2.66.